The van der Waals surface area contributed by atoms with Crippen LogP contribution < -0.4 is 10.1 Å². The van der Waals surface area contributed by atoms with E-state index in [1.165, 1.54) is 17.3 Å². The lowest BCUT2D eigenvalue weighted by Crippen LogP contribution is -2.04. The van der Waals surface area contributed by atoms with Crippen LogP contribution >= 0.6 is 11.8 Å². The minimum Gasteiger partial charge on any atom is -0.439 e. The molecule has 21 heavy (non-hydrogen) atoms. The standard InChI is InChI=1S/C16H21N3OS/c1-5-8-17-14-10-15(19-16(18-14)21-4)20-13-7-6-11(2)9-12(13)3/h6-7,9-10H,5,8H2,1-4H3,(H,17,18,19). The maximum absolute atomic E-state index is 5.92. The molecule has 0 radical (unpaired) electrons. The summed E-state index contributed by atoms with van der Waals surface area (Å²) in [7, 11) is 0. The summed E-state index contributed by atoms with van der Waals surface area (Å²) >= 11 is 1.51. The van der Waals surface area contributed by atoms with E-state index in [0.717, 1.165) is 30.1 Å². The lowest BCUT2D eigenvalue weighted by atomic mass is 10.1. The number of nitrogens with one attached hydrogen (secondary N) is 1. The molecule has 0 atom stereocenters. The molecule has 0 saturated carbocycles. The second-order valence-corrected chi connectivity index (χ2v) is 5.65. The lowest BCUT2D eigenvalue weighted by Gasteiger charge is -2.11. The third kappa shape index (κ3) is 4.36. The number of aryl methyl sites for hydroxylation is 2. The Hall–Kier alpha value is -1.75. The topological polar surface area (TPSA) is 47.0 Å². The highest BCUT2D eigenvalue weighted by Crippen LogP contribution is 2.27. The summed E-state index contributed by atoms with van der Waals surface area (Å²) in [5.74, 6) is 2.20. The predicted molar refractivity (Wildman–Crippen MR) is 88.6 cm³/mol. The van der Waals surface area contributed by atoms with E-state index in [9.17, 15) is 0 Å². The van der Waals surface area contributed by atoms with Crippen LogP contribution in [0, 0.1) is 13.8 Å². The van der Waals surface area contributed by atoms with Gasteiger partial charge in [0.2, 0.25) is 5.88 Å². The van der Waals surface area contributed by atoms with Crippen molar-refractivity contribution >= 4 is 17.6 Å². The number of anilines is 1. The number of hydrogen-bond acceptors (Lipinski definition) is 5. The highest BCUT2D eigenvalue weighted by Gasteiger charge is 2.07. The number of benzene rings is 1. The van der Waals surface area contributed by atoms with E-state index in [4.69, 9.17) is 4.74 Å². The third-order valence-corrected chi connectivity index (χ3v) is 3.51. The van der Waals surface area contributed by atoms with E-state index in [1.54, 1.807) is 0 Å². The van der Waals surface area contributed by atoms with Crippen LogP contribution in [0.1, 0.15) is 24.5 Å². The highest BCUT2D eigenvalue weighted by molar-refractivity contribution is 7.98. The molecule has 112 valence electrons. The predicted octanol–water partition coefficient (Wildman–Crippen LogP) is 4.43. The molecule has 5 heteroatoms. The molecule has 0 bridgehead atoms. The molecular formula is C16H21N3OS. The van der Waals surface area contributed by atoms with E-state index >= 15 is 0 Å². The molecule has 0 aliphatic rings. The van der Waals surface area contributed by atoms with Gasteiger partial charge in [-0.05, 0) is 38.2 Å². The summed E-state index contributed by atoms with van der Waals surface area (Å²) in [5, 5.41) is 3.98. The Kier molecular flexibility index (Phi) is 5.44. The Morgan fingerprint density at radius 2 is 2.00 bits per heavy atom. The number of rotatable bonds is 6. The van der Waals surface area contributed by atoms with Crippen molar-refractivity contribution in [3.05, 3.63) is 35.4 Å². The van der Waals surface area contributed by atoms with Crippen molar-refractivity contribution in [2.24, 2.45) is 0 Å². The van der Waals surface area contributed by atoms with Gasteiger partial charge in [-0.3, -0.25) is 0 Å². The van der Waals surface area contributed by atoms with Gasteiger partial charge < -0.3 is 10.1 Å². The zero-order valence-electron chi connectivity index (χ0n) is 12.9. The first kappa shape index (κ1) is 15.6. The van der Waals surface area contributed by atoms with Gasteiger partial charge in [0.1, 0.15) is 11.6 Å². The van der Waals surface area contributed by atoms with Gasteiger partial charge >= 0.3 is 0 Å². The van der Waals surface area contributed by atoms with E-state index in [1.807, 2.05) is 31.4 Å². The Balaban J connectivity index is 2.25. The second kappa shape index (κ2) is 7.31. The van der Waals surface area contributed by atoms with Crippen molar-refractivity contribution in [1.82, 2.24) is 9.97 Å². The fourth-order valence-electron chi connectivity index (χ4n) is 1.92. The summed E-state index contributed by atoms with van der Waals surface area (Å²) in [6.45, 7) is 7.11. The number of ether oxygens (including phenoxy) is 1. The van der Waals surface area contributed by atoms with Crippen LogP contribution in [0.2, 0.25) is 0 Å². The van der Waals surface area contributed by atoms with Gasteiger partial charge in [0.15, 0.2) is 5.16 Å². The molecule has 4 nitrogen and oxygen atoms in total. The molecular weight excluding hydrogens is 282 g/mol. The molecule has 0 saturated heterocycles. The molecule has 0 unspecified atom stereocenters. The number of aromatic nitrogens is 2. The van der Waals surface area contributed by atoms with Crippen molar-refractivity contribution in [2.75, 3.05) is 18.1 Å². The van der Waals surface area contributed by atoms with E-state index in [2.05, 4.69) is 35.2 Å². The van der Waals surface area contributed by atoms with Crippen LogP contribution in [0.15, 0.2) is 29.4 Å². The minimum absolute atomic E-state index is 0.569. The van der Waals surface area contributed by atoms with Crippen LogP contribution in [0.3, 0.4) is 0 Å². The molecule has 0 spiro atoms. The SMILES string of the molecule is CCCNc1cc(Oc2ccc(C)cc2C)nc(SC)n1. The third-order valence-electron chi connectivity index (χ3n) is 2.97. The first-order chi connectivity index (χ1) is 10.1. The Morgan fingerprint density at radius 1 is 1.19 bits per heavy atom. The average molecular weight is 303 g/mol. The van der Waals surface area contributed by atoms with Crippen LogP contribution in [-0.4, -0.2) is 22.8 Å². The number of nitrogens with zero attached hydrogens (tertiary/aromatic N) is 2. The normalized spacial score (nSPS) is 10.5. The molecule has 0 fully saturated rings. The van der Waals surface area contributed by atoms with Crippen LogP contribution in [0.5, 0.6) is 11.6 Å². The van der Waals surface area contributed by atoms with Crippen molar-refractivity contribution < 1.29 is 4.74 Å². The molecule has 2 rings (SSSR count). The number of thioether (sulfide) groups is 1. The average Bonchev–Trinajstić information content (AvgIpc) is 2.48. The maximum atomic E-state index is 5.92. The molecule has 0 aliphatic carbocycles. The first-order valence-electron chi connectivity index (χ1n) is 7.04. The maximum Gasteiger partial charge on any atom is 0.225 e. The Bertz CT molecular complexity index is 616. The molecule has 1 N–H and O–H groups in total. The van der Waals surface area contributed by atoms with Crippen molar-refractivity contribution in [2.45, 2.75) is 32.3 Å². The van der Waals surface area contributed by atoms with Crippen molar-refractivity contribution in [1.29, 1.82) is 0 Å². The zero-order valence-corrected chi connectivity index (χ0v) is 13.8. The minimum atomic E-state index is 0.569. The van der Waals surface area contributed by atoms with Crippen LogP contribution in [-0.2, 0) is 0 Å². The Morgan fingerprint density at radius 3 is 2.67 bits per heavy atom. The highest BCUT2D eigenvalue weighted by atomic mass is 32.2. The monoisotopic (exact) mass is 303 g/mol. The van der Waals surface area contributed by atoms with E-state index in [0.29, 0.717) is 11.0 Å². The van der Waals surface area contributed by atoms with Gasteiger partial charge in [0.05, 0.1) is 0 Å². The van der Waals surface area contributed by atoms with Crippen LogP contribution in [0.4, 0.5) is 5.82 Å². The summed E-state index contributed by atoms with van der Waals surface area (Å²) in [5.41, 5.74) is 2.32. The molecule has 1 heterocycles. The first-order valence-corrected chi connectivity index (χ1v) is 8.27. The van der Waals surface area contributed by atoms with Gasteiger partial charge in [-0.25, -0.2) is 4.98 Å². The molecule has 1 aromatic carbocycles. The summed E-state index contributed by atoms with van der Waals surface area (Å²) < 4.78 is 5.92. The fourth-order valence-corrected chi connectivity index (χ4v) is 2.29. The molecule has 2 aromatic rings. The molecule has 1 aromatic heterocycles. The lowest BCUT2D eigenvalue weighted by molar-refractivity contribution is 0.452. The summed E-state index contributed by atoms with van der Waals surface area (Å²) in [4.78, 5) is 8.84. The fraction of sp³-hybridized carbons (Fsp3) is 0.375. The van der Waals surface area contributed by atoms with Gasteiger partial charge in [-0.1, -0.05) is 36.4 Å². The van der Waals surface area contributed by atoms with Gasteiger partial charge in [0, 0.05) is 12.6 Å². The summed E-state index contributed by atoms with van der Waals surface area (Å²) in [6.07, 6.45) is 3.01. The van der Waals surface area contributed by atoms with Crippen LogP contribution in [0.25, 0.3) is 0 Å². The summed E-state index contributed by atoms with van der Waals surface area (Å²) in [6, 6.07) is 7.96. The van der Waals surface area contributed by atoms with Gasteiger partial charge in [0.25, 0.3) is 0 Å². The zero-order chi connectivity index (χ0) is 15.2. The molecule has 0 amide bonds. The van der Waals surface area contributed by atoms with Gasteiger partial charge in [-0.15, -0.1) is 0 Å². The van der Waals surface area contributed by atoms with Crippen molar-refractivity contribution in [3.63, 3.8) is 0 Å². The number of hydrogen-bond donors (Lipinski definition) is 1. The van der Waals surface area contributed by atoms with Crippen molar-refractivity contribution in [3.8, 4) is 11.6 Å². The van der Waals surface area contributed by atoms with E-state index < -0.39 is 0 Å². The van der Waals surface area contributed by atoms with Gasteiger partial charge in [-0.2, -0.15) is 4.98 Å². The molecule has 0 aliphatic heterocycles. The van der Waals surface area contributed by atoms with E-state index in [-0.39, 0.29) is 0 Å². The largest absolute Gasteiger partial charge is 0.439 e. The quantitative estimate of drug-likeness (QED) is 0.632. The smallest absolute Gasteiger partial charge is 0.225 e. The Labute approximate surface area is 130 Å². The second-order valence-electron chi connectivity index (χ2n) is 4.88.